The molecule has 3 heteroatoms. The third-order valence-corrected chi connectivity index (χ3v) is 1.26. The van der Waals surface area contributed by atoms with Crippen LogP contribution in [0.1, 0.15) is 19.8 Å². The van der Waals surface area contributed by atoms with Gasteiger partial charge in [-0.1, -0.05) is 6.92 Å². The number of hydrogen-bond acceptors (Lipinski definition) is 3. The predicted molar refractivity (Wildman–Crippen MR) is 36.5 cm³/mol. The van der Waals surface area contributed by atoms with E-state index in [1.807, 2.05) is 0 Å². The third kappa shape index (κ3) is 4.06. The molecule has 0 spiro atoms. The molecule has 0 fully saturated rings. The van der Waals surface area contributed by atoms with Gasteiger partial charge < -0.3 is 9.53 Å². The molecular weight excluding hydrogens is 132 g/mol. The molecule has 0 aromatic heterocycles. The maximum absolute atomic E-state index is 10.5. The third-order valence-electron chi connectivity index (χ3n) is 1.26. The quantitative estimate of drug-likeness (QED) is 0.432. The zero-order valence-corrected chi connectivity index (χ0v) is 6.29. The van der Waals surface area contributed by atoms with Crippen LogP contribution >= 0.6 is 0 Å². The molecule has 0 saturated heterocycles. The van der Waals surface area contributed by atoms with E-state index >= 15 is 0 Å². The van der Waals surface area contributed by atoms with Crippen molar-refractivity contribution in [3.8, 4) is 0 Å². The molecule has 0 aliphatic carbocycles. The summed E-state index contributed by atoms with van der Waals surface area (Å²) in [5.74, 6) is -0.298. The molecule has 0 N–H and O–H groups in total. The van der Waals surface area contributed by atoms with Crippen LogP contribution in [-0.2, 0) is 14.3 Å². The minimum Gasteiger partial charge on any atom is -0.469 e. The van der Waals surface area contributed by atoms with E-state index in [-0.39, 0.29) is 11.9 Å². The highest BCUT2D eigenvalue weighted by Gasteiger charge is 2.04. The van der Waals surface area contributed by atoms with Gasteiger partial charge in [0.25, 0.3) is 0 Å². The van der Waals surface area contributed by atoms with E-state index < -0.39 is 0 Å². The molecule has 0 aliphatic heterocycles. The fourth-order valence-electron chi connectivity index (χ4n) is 0.516. The number of esters is 1. The lowest BCUT2D eigenvalue weighted by Gasteiger charge is -2.00. The second-order valence-electron chi connectivity index (χ2n) is 2.23. The van der Waals surface area contributed by atoms with Gasteiger partial charge in [0.15, 0.2) is 0 Å². The Morgan fingerprint density at radius 3 is 2.70 bits per heavy atom. The topological polar surface area (TPSA) is 43.4 Å². The van der Waals surface area contributed by atoms with Gasteiger partial charge in [-0.3, -0.25) is 4.79 Å². The Kier molecular flexibility index (Phi) is 4.54. The predicted octanol–water partition coefficient (Wildman–Crippen LogP) is 0.775. The minimum atomic E-state index is -0.256. The van der Waals surface area contributed by atoms with Crippen LogP contribution in [0.4, 0.5) is 0 Å². The van der Waals surface area contributed by atoms with Crippen molar-refractivity contribution in [2.75, 3.05) is 7.11 Å². The summed E-state index contributed by atoms with van der Waals surface area (Å²) in [5.41, 5.74) is 0. The zero-order chi connectivity index (χ0) is 7.98. The Morgan fingerprint density at radius 2 is 2.30 bits per heavy atom. The Labute approximate surface area is 60.4 Å². The number of ether oxygens (including phenoxy) is 1. The van der Waals surface area contributed by atoms with E-state index in [0.29, 0.717) is 12.8 Å². The summed E-state index contributed by atoms with van der Waals surface area (Å²) in [5, 5.41) is 0. The molecule has 0 aromatic carbocycles. The van der Waals surface area contributed by atoms with E-state index in [1.54, 1.807) is 6.92 Å². The van der Waals surface area contributed by atoms with Crippen LogP contribution in [0.3, 0.4) is 0 Å². The lowest BCUT2D eigenvalue weighted by Crippen LogP contribution is -2.04. The Bertz CT molecular complexity index is 120. The fourth-order valence-corrected chi connectivity index (χ4v) is 0.516. The van der Waals surface area contributed by atoms with Crippen LogP contribution in [0.25, 0.3) is 0 Å². The zero-order valence-electron chi connectivity index (χ0n) is 6.29. The largest absolute Gasteiger partial charge is 0.469 e. The molecule has 0 saturated carbocycles. The molecule has 0 amide bonds. The summed E-state index contributed by atoms with van der Waals surface area (Å²) in [6.07, 6.45) is 1.75. The molecular formula is C7H12O3. The smallest absolute Gasteiger partial charge is 0.305 e. The lowest BCUT2D eigenvalue weighted by atomic mass is 10.1. The standard InChI is InChI=1S/C7H12O3/c1-6(5-8)3-4-7(9)10-2/h5-6H,3-4H2,1-2H3/t6-/m1/s1. The van der Waals surface area contributed by atoms with E-state index in [0.717, 1.165) is 6.29 Å². The molecule has 0 bridgehead atoms. The van der Waals surface area contributed by atoms with E-state index in [1.165, 1.54) is 7.11 Å². The highest BCUT2D eigenvalue weighted by molar-refractivity contribution is 5.69. The summed E-state index contributed by atoms with van der Waals surface area (Å²) in [7, 11) is 1.34. The molecule has 0 aromatic rings. The first kappa shape index (κ1) is 9.14. The average Bonchev–Trinajstić information content (AvgIpc) is 1.99. The van der Waals surface area contributed by atoms with Gasteiger partial charge in [0.1, 0.15) is 6.29 Å². The minimum absolute atomic E-state index is 0.0425. The average molecular weight is 144 g/mol. The number of rotatable bonds is 4. The first-order valence-electron chi connectivity index (χ1n) is 3.22. The number of aldehydes is 1. The van der Waals surface area contributed by atoms with Crippen molar-refractivity contribution in [2.45, 2.75) is 19.8 Å². The number of carbonyl (C=O) groups excluding carboxylic acids is 2. The summed E-state index contributed by atoms with van der Waals surface area (Å²) in [6.45, 7) is 1.77. The van der Waals surface area contributed by atoms with Crippen molar-refractivity contribution >= 4 is 12.3 Å². The van der Waals surface area contributed by atoms with Crippen LogP contribution in [0.5, 0.6) is 0 Å². The van der Waals surface area contributed by atoms with Gasteiger partial charge in [0.2, 0.25) is 0 Å². The van der Waals surface area contributed by atoms with Gasteiger partial charge in [0.05, 0.1) is 7.11 Å². The molecule has 0 rings (SSSR count). The number of methoxy groups -OCH3 is 1. The van der Waals surface area contributed by atoms with Crippen LogP contribution < -0.4 is 0 Å². The van der Waals surface area contributed by atoms with Crippen molar-refractivity contribution in [1.29, 1.82) is 0 Å². The second kappa shape index (κ2) is 4.97. The Morgan fingerprint density at radius 1 is 1.70 bits per heavy atom. The molecule has 10 heavy (non-hydrogen) atoms. The first-order valence-corrected chi connectivity index (χ1v) is 3.22. The van der Waals surface area contributed by atoms with E-state index in [9.17, 15) is 9.59 Å². The maximum atomic E-state index is 10.5. The van der Waals surface area contributed by atoms with Crippen molar-refractivity contribution < 1.29 is 14.3 Å². The number of hydrogen-bond donors (Lipinski definition) is 0. The maximum Gasteiger partial charge on any atom is 0.305 e. The van der Waals surface area contributed by atoms with Crippen molar-refractivity contribution in [3.63, 3.8) is 0 Å². The van der Waals surface area contributed by atoms with E-state index in [2.05, 4.69) is 4.74 Å². The van der Waals surface area contributed by atoms with Crippen LogP contribution in [0.2, 0.25) is 0 Å². The normalized spacial score (nSPS) is 12.2. The van der Waals surface area contributed by atoms with Gasteiger partial charge in [0, 0.05) is 12.3 Å². The highest BCUT2D eigenvalue weighted by atomic mass is 16.5. The van der Waals surface area contributed by atoms with Gasteiger partial charge in [-0.25, -0.2) is 0 Å². The highest BCUT2D eigenvalue weighted by Crippen LogP contribution is 2.01. The van der Waals surface area contributed by atoms with Crippen LogP contribution in [0.15, 0.2) is 0 Å². The van der Waals surface area contributed by atoms with E-state index in [4.69, 9.17) is 0 Å². The monoisotopic (exact) mass is 144 g/mol. The van der Waals surface area contributed by atoms with Crippen molar-refractivity contribution in [1.82, 2.24) is 0 Å². The Balaban J connectivity index is 3.34. The summed E-state index contributed by atoms with van der Waals surface area (Å²) >= 11 is 0. The van der Waals surface area contributed by atoms with Gasteiger partial charge in [-0.2, -0.15) is 0 Å². The lowest BCUT2D eigenvalue weighted by molar-refractivity contribution is -0.140. The SMILES string of the molecule is COC(=O)CC[C@@H](C)C=O. The summed E-state index contributed by atoms with van der Waals surface area (Å²) in [4.78, 5) is 20.5. The van der Waals surface area contributed by atoms with Crippen molar-refractivity contribution in [2.24, 2.45) is 5.92 Å². The summed E-state index contributed by atoms with van der Waals surface area (Å²) < 4.78 is 4.39. The molecule has 0 unspecified atom stereocenters. The Hall–Kier alpha value is -0.860. The molecule has 0 radical (unpaired) electrons. The molecule has 1 atom stereocenters. The number of carbonyl (C=O) groups is 2. The van der Waals surface area contributed by atoms with Crippen LogP contribution in [0, 0.1) is 5.92 Å². The fraction of sp³-hybridized carbons (Fsp3) is 0.714. The first-order chi connectivity index (χ1) is 4.70. The van der Waals surface area contributed by atoms with Gasteiger partial charge in [-0.15, -0.1) is 0 Å². The van der Waals surface area contributed by atoms with Gasteiger partial charge in [-0.05, 0) is 6.42 Å². The molecule has 0 aliphatic rings. The molecule has 0 heterocycles. The van der Waals surface area contributed by atoms with Crippen molar-refractivity contribution in [3.05, 3.63) is 0 Å². The molecule has 58 valence electrons. The van der Waals surface area contributed by atoms with Gasteiger partial charge >= 0.3 is 5.97 Å². The summed E-state index contributed by atoms with van der Waals surface area (Å²) in [6, 6.07) is 0. The second-order valence-corrected chi connectivity index (χ2v) is 2.23. The van der Waals surface area contributed by atoms with Crippen LogP contribution in [-0.4, -0.2) is 19.4 Å². The molecule has 3 nitrogen and oxygen atoms in total.